The fraction of sp³-hybridized carbons (Fsp3) is 0.100. The van der Waals surface area contributed by atoms with Gasteiger partial charge in [-0.25, -0.2) is 4.79 Å². The SMILES string of the molecule is [2H]C([2H])([2H])c1ccc(-n2nccn2)c(C(=O)O)c1. The number of aromatic carboxylic acids is 1. The molecule has 0 saturated carbocycles. The number of aromatic nitrogens is 3. The van der Waals surface area contributed by atoms with E-state index in [1.165, 1.54) is 24.5 Å². The first-order chi connectivity index (χ1) is 8.39. The molecule has 5 heteroatoms. The van der Waals surface area contributed by atoms with E-state index in [1.807, 2.05) is 0 Å². The molecule has 2 rings (SSSR count). The average molecular weight is 206 g/mol. The zero-order chi connectivity index (χ0) is 13.3. The summed E-state index contributed by atoms with van der Waals surface area (Å²) in [6.45, 7) is -2.35. The molecule has 0 fully saturated rings. The fourth-order valence-corrected chi connectivity index (χ4v) is 1.22. The zero-order valence-electron chi connectivity index (χ0n) is 10.6. The molecule has 5 nitrogen and oxygen atoms in total. The first kappa shape index (κ1) is 6.34. The number of benzene rings is 1. The summed E-state index contributed by atoms with van der Waals surface area (Å²) in [5.74, 6) is -1.23. The van der Waals surface area contributed by atoms with Gasteiger partial charge in [-0.1, -0.05) is 11.6 Å². The third-order valence-corrected chi connectivity index (χ3v) is 1.86. The molecule has 0 aliphatic heterocycles. The third kappa shape index (κ3) is 1.71. The van der Waals surface area contributed by atoms with Gasteiger partial charge in [0.1, 0.15) is 5.69 Å². The molecule has 1 aromatic carbocycles. The van der Waals surface area contributed by atoms with E-state index in [9.17, 15) is 4.79 Å². The van der Waals surface area contributed by atoms with Crippen molar-refractivity contribution >= 4 is 5.97 Å². The van der Waals surface area contributed by atoms with Gasteiger partial charge >= 0.3 is 5.97 Å². The van der Waals surface area contributed by atoms with E-state index in [-0.39, 0.29) is 16.8 Å². The quantitative estimate of drug-likeness (QED) is 0.803. The van der Waals surface area contributed by atoms with Crippen LogP contribution in [0.2, 0.25) is 0 Å². The highest BCUT2D eigenvalue weighted by atomic mass is 16.4. The minimum Gasteiger partial charge on any atom is -0.478 e. The first-order valence-corrected chi connectivity index (χ1v) is 4.14. The van der Waals surface area contributed by atoms with Crippen molar-refractivity contribution in [3.8, 4) is 5.69 Å². The Labute approximate surface area is 90.2 Å². The summed E-state index contributed by atoms with van der Waals surface area (Å²) in [6, 6.07) is 3.84. The van der Waals surface area contributed by atoms with Crippen LogP contribution >= 0.6 is 0 Å². The van der Waals surface area contributed by atoms with E-state index in [0.717, 1.165) is 10.9 Å². The van der Waals surface area contributed by atoms with Gasteiger partial charge in [0.15, 0.2) is 0 Å². The molecule has 1 N–H and O–H groups in total. The highest BCUT2D eigenvalue weighted by Crippen LogP contribution is 2.14. The Morgan fingerprint density at radius 2 is 2.20 bits per heavy atom. The predicted octanol–water partition coefficient (Wildman–Crippen LogP) is 1.27. The molecular formula is C10H9N3O2. The molecule has 1 heterocycles. The van der Waals surface area contributed by atoms with E-state index in [0.29, 0.717) is 0 Å². The highest BCUT2D eigenvalue weighted by molar-refractivity contribution is 5.92. The maximum Gasteiger partial charge on any atom is 0.337 e. The standard InChI is InChI=1S/C10H9N3O2/c1-7-2-3-9(8(6-7)10(14)15)13-11-4-5-12-13/h2-6H,1H3,(H,14,15)/i1D3. The van der Waals surface area contributed by atoms with Crippen molar-refractivity contribution in [2.24, 2.45) is 0 Å². The molecule has 0 aliphatic rings. The van der Waals surface area contributed by atoms with Crippen LogP contribution in [0.3, 0.4) is 0 Å². The topological polar surface area (TPSA) is 68.0 Å². The van der Waals surface area contributed by atoms with Crippen LogP contribution < -0.4 is 0 Å². The number of nitrogens with zero attached hydrogens (tertiary/aromatic N) is 3. The second kappa shape index (κ2) is 3.53. The summed E-state index contributed by atoms with van der Waals surface area (Å²) in [4.78, 5) is 12.3. The molecule has 0 radical (unpaired) electrons. The van der Waals surface area contributed by atoms with Crippen LogP contribution in [-0.2, 0) is 0 Å². The second-order valence-corrected chi connectivity index (χ2v) is 2.86. The number of aryl methyl sites for hydroxylation is 1. The molecule has 0 atom stereocenters. The maximum absolute atomic E-state index is 11.1. The molecule has 0 unspecified atom stereocenters. The zero-order valence-corrected chi connectivity index (χ0v) is 7.58. The lowest BCUT2D eigenvalue weighted by atomic mass is 10.1. The van der Waals surface area contributed by atoms with Crippen LogP contribution in [0.5, 0.6) is 0 Å². The van der Waals surface area contributed by atoms with Gasteiger partial charge in [0.2, 0.25) is 0 Å². The number of hydrogen-bond donors (Lipinski definition) is 1. The lowest BCUT2D eigenvalue weighted by molar-refractivity contribution is 0.0696. The van der Waals surface area contributed by atoms with E-state index in [2.05, 4.69) is 10.2 Å². The van der Waals surface area contributed by atoms with Crippen molar-refractivity contribution in [1.29, 1.82) is 0 Å². The molecule has 0 saturated heterocycles. The largest absolute Gasteiger partial charge is 0.478 e. The van der Waals surface area contributed by atoms with Gasteiger partial charge in [0, 0.05) is 4.11 Å². The Hall–Kier alpha value is -2.17. The Morgan fingerprint density at radius 1 is 1.47 bits per heavy atom. The molecular weight excluding hydrogens is 194 g/mol. The summed E-state index contributed by atoms with van der Waals surface area (Å²) in [7, 11) is 0. The van der Waals surface area contributed by atoms with Gasteiger partial charge in [-0.2, -0.15) is 15.0 Å². The number of carbonyl (C=O) groups is 1. The van der Waals surface area contributed by atoms with Gasteiger partial charge < -0.3 is 5.11 Å². The molecule has 15 heavy (non-hydrogen) atoms. The minimum atomic E-state index is -2.35. The van der Waals surface area contributed by atoms with Crippen LogP contribution in [0.1, 0.15) is 20.0 Å². The number of carboxylic acid groups (broad SMARTS) is 1. The summed E-state index contributed by atoms with van der Waals surface area (Å²) < 4.78 is 21.8. The second-order valence-electron chi connectivity index (χ2n) is 2.86. The summed E-state index contributed by atoms with van der Waals surface area (Å²) in [5, 5.41) is 16.7. The lowest BCUT2D eigenvalue weighted by Crippen LogP contribution is -2.08. The number of rotatable bonds is 2. The Morgan fingerprint density at radius 3 is 2.80 bits per heavy atom. The molecule has 0 aliphatic carbocycles. The summed E-state index contributed by atoms with van der Waals surface area (Å²) >= 11 is 0. The number of carboxylic acids is 1. The Kier molecular flexibility index (Phi) is 1.49. The van der Waals surface area contributed by atoms with Crippen molar-refractivity contribution in [3.63, 3.8) is 0 Å². The van der Waals surface area contributed by atoms with Gasteiger partial charge in [0.25, 0.3) is 0 Å². The minimum absolute atomic E-state index is 0.0317. The maximum atomic E-state index is 11.1. The van der Waals surface area contributed by atoms with Crippen LogP contribution in [0.25, 0.3) is 5.69 Å². The van der Waals surface area contributed by atoms with E-state index >= 15 is 0 Å². The molecule has 0 bridgehead atoms. The van der Waals surface area contributed by atoms with Crippen LogP contribution in [0.4, 0.5) is 0 Å². The average Bonchev–Trinajstić information content (AvgIpc) is 2.80. The van der Waals surface area contributed by atoms with Crippen molar-refractivity contribution in [3.05, 3.63) is 41.7 Å². The van der Waals surface area contributed by atoms with Crippen LogP contribution in [0.15, 0.2) is 30.6 Å². The van der Waals surface area contributed by atoms with Gasteiger partial charge in [-0.15, -0.1) is 0 Å². The predicted molar refractivity (Wildman–Crippen MR) is 53.1 cm³/mol. The van der Waals surface area contributed by atoms with Crippen molar-refractivity contribution < 1.29 is 14.0 Å². The molecule has 76 valence electrons. The molecule has 0 spiro atoms. The highest BCUT2D eigenvalue weighted by Gasteiger charge is 2.12. The summed E-state index contributed by atoms with van der Waals surface area (Å²) in [6.07, 6.45) is 2.81. The van der Waals surface area contributed by atoms with Gasteiger partial charge in [-0.05, 0) is 19.0 Å². The van der Waals surface area contributed by atoms with Gasteiger partial charge in [-0.3, -0.25) is 0 Å². The monoisotopic (exact) mass is 206 g/mol. The normalized spacial score (nSPS) is 14.0. The Balaban J connectivity index is 2.59. The summed E-state index contributed by atoms with van der Waals surface area (Å²) in [5.41, 5.74) is 0.0381. The van der Waals surface area contributed by atoms with Crippen molar-refractivity contribution in [2.75, 3.05) is 0 Å². The first-order valence-electron chi connectivity index (χ1n) is 5.64. The molecule has 1 aromatic heterocycles. The molecule has 2 aromatic rings. The van der Waals surface area contributed by atoms with E-state index in [1.54, 1.807) is 0 Å². The van der Waals surface area contributed by atoms with Crippen molar-refractivity contribution in [2.45, 2.75) is 6.85 Å². The van der Waals surface area contributed by atoms with Crippen LogP contribution in [0, 0.1) is 6.85 Å². The number of hydrogen-bond acceptors (Lipinski definition) is 3. The molecule has 0 amide bonds. The van der Waals surface area contributed by atoms with Crippen LogP contribution in [-0.4, -0.2) is 26.1 Å². The smallest absolute Gasteiger partial charge is 0.337 e. The third-order valence-electron chi connectivity index (χ3n) is 1.86. The Bertz CT molecular complexity index is 579. The van der Waals surface area contributed by atoms with Gasteiger partial charge in [0.05, 0.1) is 18.0 Å². The lowest BCUT2D eigenvalue weighted by Gasteiger charge is -2.05. The van der Waals surface area contributed by atoms with E-state index < -0.39 is 12.8 Å². The van der Waals surface area contributed by atoms with E-state index in [4.69, 9.17) is 9.22 Å². The fourth-order valence-electron chi connectivity index (χ4n) is 1.22. The van der Waals surface area contributed by atoms with Crippen molar-refractivity contribution in [1.82, 2.24) is 15.0 Å².